The quantitative estimate of drug-likeness (QED) is 0.334. The molecule has 0 bridgehead atoms. The van der Waals surface area contributed by atoms with Crippen molar-refractivity contribution in [2.75, 3.05) is 39.3 Å². The Kier molecular flexibility index (Phi) is 11.6. The van der Waals surface area contributed by atoms with Gasteiger partial charge in [0.25, 0.3) is 0 Å². The van der Waals surface area contributed by atoms with E-state index in [1.807, 2.05) is 0 Å². The van der Waals surface area contributed by atoms with Crippen LogP contribution in [0.15, 0.2) is 0 Å². The SMILES string of the molecule is CCCCCCCC(=O)N[C@H](CC(=O)NCCN1CCNCC1)C(N)=O. The average molecular weight is 370 g/mol. The van der Waals surface area contributed by atoms with Crippen molar-refractivity contribution in [3.8, 4) is 0 Å². The topological polar surface area (TPSA) is 117 Å². The molecule has 0 spiro atoms. The van der Waals surface area contributed by atoms with E-state index in [1.165, 1.54) is 6.42 Å². The van der Waals surface area contributed by atoms with Crippen molar-refractivity contribution in [3.63, 3.8) is 0 Å². The lowest BCUT2D eigenvalue weighted by molar-refractivity contribution is -0.130. The molecule has 1 rings (SSSR count). The number of carbonyl (C=O) groups is 3. The Balaban J connectivity index is 2.22. The number of piperazine rings is 1. The average Bonchev–Trinajstić information content (AvgIpc) is 2.62. The zero-order valence-electron chi connectivity index (χ0n) is 16.0. The van der Waals surface area contributed by atoms with Crippen molar-refractivity contribution in [1.82, 2.24) is 20.9 Å². The number of hydrogen-bond acceptors (Lipinski definition) is 5. The summed E-state index contributed by atoms with van der Waals surface area (Å²) in [6.07, 6.45) is 5.46. The molecule has 1 aliphatic heterocycles. The molecule has 0 aromatic carbocycles. The van der Waals surface area contributed by atoms with Crippen molar-refractivity contribution in [1.29, 1.82) is 0 Å². The van der Waals surface area contributed by atoms with Crippen LogP contribution in [-0.4, -0.2) is 67.9 Å². The molecule has 5 N–H and O–H groups in total. The summed E-state index contributed by atoms with van der Waals surface area (Å²) in [4.78, 5) is 37.7. The summed E-state index contributed by atoms with van der Waals surface area (Å²) in [5.74, 6) is -1.17. The Morgan fingerprint density at radius 2 is 1.77 bits per heavy atom. The predicted octanol–water partition coefficient (Wildman–Crippen LogP) is -0.271. The summed E-state index contributed by atoms with van der Waals surface area (Å²) in [5, 5.41) is 8.65. The lowest BCUT2D eigenvalue weighted by atomic mass is 10.1. The van der Waals surface area contributed by atoms with Gasteiger partial charge < -0.3 is 21.7 Å². The van der Waals surface area contributed by atoms with Crippen LogP contribution in [0, 0.1) is 0 Å². The second kappa shape index (κ2) is 13.5. The molecule has 1 aliphatic rings. The molecule has 0 radical (unpaired) electrons. The first-order valence-corrected chi connectivity index (χ1v) is 9.81. The summed E-state index contributed by atoms with van der Waals surface area (Å²) < 4.78 is 0. The molecule has 0 aromatic heterocycles. The molecule has 8 heteroatoms. The summed E-state index contributed by atoms with van der Waals surface area (Å²) in [5.41, 5.74) is 5.32. The number of rotatable bonds is 13. The van der Waals surface area contributed by atoms with Gasteiger partial charge in [-0.15, -0.1) is 0 Å². The van der Waals surface area contributed by atoms with Gasteiger partial charge in [0.05, 0.1) is 6.42 Å². The van der Waals surface area contributed by atoms with Gasteiger partial charge >= 0.3 is 0 Å². The van der Waals surface area contributed by atoms with E-state index < -0.39 is 11.9 Å². The van der Waals surface area contributed by atoms with E-state index in [0.29, 0.717) is 13.0 Å². The van der Waals surface area contributed by atoms with E-state index in [0.717, 1.165) is 58.4 Å². The molecule has 8 nitrogen and oxygen atoms in total. The largest absolute Gasteiger partial charge is 0.368 e. The lowest BCUT2D eigenvalue weighted by Crippen LogP contribution is -2.48. The number of hydrogen-bond donors (Lipinski definition) is 4. The molecular formula is C18H35N5O3. The molecule has 3 amide bonds. The minimum Gasteiger partial charge on any atom is -0.368 e. The fourth-order valence-electron chi connectivity index (χ4n) is 2.92. The van der Waals surface area contributed by atoms with Crippen molar-refractivity contribution in [2.45, 2.75) is 57.9 Å². The van der Waals surface area contributed by atoms with Gasteiger partial charge in [0.15, 0.2) is 0 Å². The van der Waals surface area contributed by atoms with Crippen molar-refractivity contribution in [2.24, 2.45) is 5.73 Å². The van der Waals surface area contributed by atoms with E-state index in [-0.39, 0.29) is 18.2 Å². The van der Waals surface area contributed by atoms with Crippen LogP contribution in [0.5, 0.6) is 0 Å². The minimum atomic E-state index is -0.947. The molecule has 26 heavy (non-hydrogen) atoms. The normalized spacial score (nSPS) is 16.0. The number of primary amides is 1. The smallest absolute Gasteiger partial charge is 0.240 e. The van der Waals surface area contributed by atoms with E-state index in [4.69, 9.17) is 5.73 Å². The fraction of sp³-hybridized carbons (Fsp3) is 0.833. The minimum absolute atomic E-state index is 0.113. The molecule has 1 saturated heterocycles. The predicted molar refractivity (Wildman–Crippen MR) is 101 cm³/mol. The highest BCUT2D eigenvalue weighted by atomic mass is 16.2. The molecule has 1 fully saturated rings. The third-order valence-electron chi connectivity index (χ3n) is 4.54. The zero-order chi connectivity index (χ0) is 19.2. The van der Waals surface area contributed by atoms with E-state index in [1.54, 1.807) is 0 Å². The molecule has 150 valence electrons. The van der Waals surface area contributed by atoms with Crippen LogP contribution in [0.1, 0.15) is 51.9 Å². The Bertz CT molecular complexity index is 439. The Hall–Kier alpha value is -1.67. The Labute approximate surface area is 156 Å². The summed E-state index contributed by atoms with van der Waals surface area (Å²) in [6.45, 7) is 7.29. The van der Waals surface area contributed by atoms with Crippen molar-refractivity contribution >= 4 is 17.7 Å². The van der Waals surface area contributed by atoms with Gasteiger partial charge in [0, 0.05) is 45.7 Å². The third-order valence-corrected chi connectivity index (χ3v) is 4.54. The van der Waals surface area contributed by atoms with Crippen LogP contribution < -0.4 is 21.7 Å². The second-order valence-corrected chi connectivity index (χ2v) is 6.83. The van der Waals surface area contributed by atoms with Gasteiger partial charge in [-0.3, -0.25) is 19.3 Å². The second-order valence-electron chi connectivity index (χ2n) is 6.83. The van der Waals surface area contributed by atoms with E-state index >= 15 is 0 Å². The molecule has 0 unspecified atom stereocenters. The van der Waals surface area contributed by atoms with Crippen LogP contribution in [0.4, 0.5) is 0 Å². The molecule has 1 heterocycles. The van der Waals surface area contributed by atoms with Crippen LogP contribution >= 0.6 is 0 Å². The Morgan fingerprint density at radius 1 is 1.08 bits per heavy atom. The van der Waals surface area contributed by atoms with Gasteiger partial charge in [-0.25, -0.2) is 0 Å². The molecule has 1 atom stereocenters. The highest BCUT2D eigenvalue weighted by Crippen LogP contribution is 2.05. The first-order chi connectivity index (χ1) is 12.5. The van der Waals surface area contributed by atoms with Crippen LogP contribution in [0.3, 0.4) is 0 Å². The van der Waals surface area contributed by atoms with Gasteiger partial charge in [0.2, 0.25) is 17.7 Å². The molecule has 0 aliphatic carbocycles. The van der Waals surface area contributed by atoms with E-state index in [9.17, 15) is 14.4 Å². The van der Waals surface area contributed by atoms with Gasteiger partial charge in [-0.05, 0) is 6.42 Å². The maximum Gasteiger partial charge on any atom is 0.240 e. The van der Waals surface area contributed by atoms with Crippen LogP contribution in [0.25, 0.3) is 0 Å². The third kappa shape index (κ3) is 10.4. The number of nitrogens with zero attached hydrogens (tertiary/aromatic N) is 1. The highest BCUT2D eigenvalue weighted by molar-refractivity contribution is 5.91. The summed E-state index contributed by atoms with van der Waals surface area (Å²) in [6, 6.07) is -0.947. The van der Waals surface area contributed by atoms with Crippen LogP contribution in [0.2, 0.25) is 0 Å². The molecule has 0 saturated carbocycles. The monoisotopic (exact) mass is 369 g/mol. The summed E-state index contributed by atoms with van der Waals surface area (Å²) in [7, 11) is 0. The highest BCUT2D eigenvalue weighted by Gasteiger charge is 2.21. The van der Waals surface area contributed by atoms with Gasteiger partial charge in [-0.1, -0.05) is 32.6 Å². The maximum atomic E-state index is 12.0. The standard InChI is InChI=1S/C18H35N5O3/c1-2-3-4-5-6-7-16(24)22-15(18(19)26)14-17(25)21-10-13-23-11-8-20-9-12-23/h15,20H,2-14H2,1H3,(H2,19,26)(H,21,25)(H,22,24)/t15-/m1/s1. The molecular weight excluding hydrogens is 334 g/mol. The van der Waals surface area contributed by atoms with E-state index in [2.05, 4.69) is 27.8 Å². The van der Waals surface area contributed by atoms with Gasteiger partial charge in [0.1, 0.15) is 6.04 Å². The van der Waals surface area contributed by atoms with Crippen LogP contribution in [-0.2, 0) is 14.4 Å². The first kappa shape index (κ1) is 22.4. The molecule has 0 aromatic rings. The number of nitrogens with two attached hydrogens (primary N) is 1. The fourth-order valence-corrected chi connectivity index (χ4v) is 2.92. The maximum absolute atomic E-state index is 12.0. The number of unbranched alkanes of at least 4 members (excludes halogenated alkanes) is 4. The number of amides is 3. The van der Waals surface area contributed by atoms with Crippen molar-refractivity contribution < 1.29 is 14.4 Å². The van der Waals surface area contributed by atoms with Crippen molar-refractivity contribution in [3.05, 3.63) is 0 Å². The first-order valence-electron chi connectivity index (χ1n) is 9.81. The van der Waals surface area contributed by atoms with Gasteiger partial charge in [-0.2, -0.15) is 0 Å². The Morgan fingerprint density at radius 3 is 2.42 bits per heavy atom. The lowest BCUT2D eigenvalue weighted by Gasteiger charge is -2.27. The summed E-state index contributed by atoms with van der Waals surface area (Å²) >= 11 is 0. The number of carbonyl (C=O) groups excluding carboxylic acids is 3. The zero-order valence-corrected chi connectivity index (χ0v) is 16.0. The number of nitrogens with one attached hydrogen (secondary N) is 3.